The van der Waals surface area contributed by atoms with Crippen molar-refractivity contribution < 1.29 is 19.5 Å². The largest absolute Gasteiger partial charge is 0.255 e. The summed E-state index contributed by atoms with van der Waals surface area (Å²) in [4.78, 5) is 40.3. The van der Waals surface area contributed by atoms with Crippen LogP contribution in [0.2, 0.25) is 0 Å². The zero-order valence-electron chi connectivity index (χ0n) is 33.5. The molecular formula is C50H33Cl2N7RuS4. The van der Waals surface area contributed by atoms with Crippen LogP contribution >= 0.6 is 67.1 Å². The minimum atomic E-state index is 0. The molecule has 314 valence electrons. The molecule has 0 unspecified atom stereocenters. The number of hydrogen-bond acceptors (Lipinski definition) is 11. The van der Waals surface area contributed by atoms with Crippen LogP contribution in [0.4, 0.5) is 5.69 Å². The second-order valence-electron chi connectivity index (χ2n) is 13.7. The minimum Gasteiger partial charge on any atom is -0.255 e. The summed E-state index contributed by atoms with van der Waals surface area (Å²) in [5.74, 6) is 0. The van der Waals surface area contributed by atoms with E-state index in [4.69, 9.17) is 4.99 Å². The average Bonchev–Trinajstić information content (AvgIpc) is 4.24. The summed E-state index contributed by atoms with van der Waals surface area (Å²) in [7, 11) is 8.22. The Morgan fingerprint density at radius 1 is 0.375 bits per heavy atom. The van der Waals surface area contributed by atoms with Crippen LogP contribution in [0.1, 0.15) is 10.4 Å². The molecule has 12 rings (SSSR count). The molecule has 10 aromatic heterocycles. The molecule has 0 radical (unpaired) electrons. The van der Waals surface area contributed by atoms with Gasteiger partial charge in [0.2, 0.25) is 0 Å². The summed E-state index contributed by atoms with van der Waals surface area (Å²) in [6.45, 7) is 0. The van der Waals surface area contributed by atoms with Crippen LogP contribution in [-0.4, -0.2) is 35.6 Å². The SMILES string of the molecule is ClCl.[Ru].c1ccc(-c2ccccn2)nc1.c1ccc(-c2ccccn2)nc1.c1csc(-c2ccc(-c3ccc(-c4ccc(C5=Nc6c(c7cccnc7c7ncccc67)C5)s4)s3)s2)c1. The summed E-state index contributed by atoms with van der Waals surface area (Å²) in [6, 6.07) is 49.2. The van der Waals surface area contributed by atoms with Crippen LogP contribution in [0.3, 0.4) is 0 Å². The molecule has 1 aromatic carbocycles. The van der Waals surface area contributed by atoms with Gasteiger partial charge in [-0.15, -0.1) is 45.3 Å². The van der Waals surface area contributed by atoms with E-state index >= 15 is 0 Å². The van der Waals surface area contributed by atoms with Crippen LogP contribution in [0.25, 0.3) is 73.8 Å². The van der Waals surface area contributed by atoms with E-state index in [-0.39, 0.29) is 19.5 Å². The molecule has 0 atom stereocenters. The Labute approximate surface area is 408 Å². The van der Waals surface area contributed by atoms with Crippen molar-refractivity contribution in [3.05, 3.63) is 199 Å². The third kappa shape index (κ3) is 10.1. The molecule has 0 bridgehead atoms. The van der Waals surface area contributed by atoms with Crippen LogP contribution in [0.5, 0.6) is 0 Å². The summed E-state index contributed by atoms with van der Waals surface area (Å²) in [6.07, 6.45) is 11.6. The molecule has 64 heavy (non-hydrogen) atoms. The van der Waals surface area contributed by atoms with E-state index in [0.29, 0.717) is 0 Å². The summed E-state index contributed by atoms with van der Waals surface area (Å²) in [5.41, 5.74) is 8.98. The number of nitrogens with zero attached hydrogens (tertiary/aromatic N) is 7. The number of fused-ring (bicyclic) bond motifs is 6. The predicted molar refractivity (Wildman–Crippen MR) is 268 cm³/mol. The van der Waals surface area contributed by atoms with Crippen molar-refractivity contribution in [2.45, 2.75) is 6.42 Å². The molecule has 0 aliphatic carbocycles. The monoisotopic (exact) mass is 1030 g/mol. The van der Waals surface area contributed by atoms with Crippen molar-refractivity contribution >= 4 is 100 Å². The van der Waals surface area contributed by atoms with E-state index in [9.17, 15) is 0 Å². The Morgan fingerprint density at radius 2 is 0.781 bits per heavy atom. The number of benzene rings is 1. The van der Waals surface area contributed by atoms with Gasteiger partial charge < -0.3 is 0 Å². The van der Waals surface area contributed by atoms with E-state index in [1.54, 1.807) is 36.1 Å². The maximum Gasteiger partial charge on any atom is 0.0986 e. The van der Waals surface area contributed by atoms with Crippen molar-refractivity contribution in [1.82, 2.24) is 29.9 Å². The normalized spacial score (nSPS) is 11.2. The third-order valence-electron chi connectivity index (χ3n) is 9.83. The van der Waals surface area contributed by atoms with Gasteiger partial charge in [0.1, 0.15) is 0 Å². The molecule has 1 aliphatic heterocycles. The molecule has 11 aromatic rings. The number of halogens is 2. The van der Waals surface area contributed by atoms with Gasteiger partial charge in [-0.05, 0) is 120 Å². The van der Waals surface area contributed by atoms with Crippen molar-refractivity contribution in [3.8, 4) is 52.0 Å². The quantitative estimate of drug-likeness (QED) is 0.122. The van der Waals surface area contributed by atoms with Gasteiger partial charge in [-0.3, -0.25) is 34.9 Å². The van der Waals surface area contributed by atoms with Crippen molar-refractivity contribution in [1.29, 1.82) is 0 Å². The standard InChI is InChI=1S/C30H17N3S4.2C10H8N2.Cl2.Ru/c1-4-17-19-16-20(33-28(19)18-5-2-14-32-30(18)29(17)31-13-1)21-7-8-24(35-21)25-11-12-27(37-25)26-10-9-23(36-26)22-6-3-15-34-22;2*1-3-7-11-9(5-1)10-6-2-4-8-12-10;1-2;/h1-15H,16H2;2*1-8H;;. The van der Waals surface area contributed by atoms with Gasteiger partial charge in [-0.1, -0.05) is 36.4 Å². The Kier molecular flexibility index (Phi) is 15.3. The van der Waals surface area contributed by atoms with Gasteiger partial charge in [0.25, 0.3) is 0 Å². The van der Waals surface area contributed by atoms with Gasteiger partial charge in [-0.25, -0.2) is 0 Å². The van der Waals surface area contributed by atoms with E-state index in [0.717, 1.165) is 62.4 Å². The summed E-state index contributed by atoms with van der Waals surface area (Å²) < 4.78 is 0. The minimum absolute atomic E-state index is 0. The number of hydrogen-bond donors (Lipinski definition) is 0. The van der Waals surface area contributed by atoms with E-state index in [1.165, 1.54) is 39.7 Å². The van der Waals surface area contributed by atoms with Crippen molar-refractivity contribution in [2.75, 3.05) is 0 Å². The third-order valence-corrected chi connectivity index (χ3v) is 14.6. The Balaban J connectivity index is 0.000000169. The average molecular weight is 1030 g/mol. The number of rotatable bonds is 6. The maximum atomic E-state index is 5.15. The summed E-state index contributed by atoms with van der Waals surface area (Å²) in [5, 5.41) is 4.37. The molecule has 0 N–H and O–H groups in total. The van der Waals surface area contributed by atoms with Crippen LogP contribution in [-0.2, 0) is 25.9 Å². The number of thiophene rings is 4. The molecule has 0 amide bonds. The Morgan fingerprint density at radius 3 is 1.22 bits per heavy atom. The molecule has 0 spiro atoms. The molecule has 14 heteroatoms. The molecule has 0 saturated carbocycles. The van der Waals surface area contributed by atoms with Crippen LogP contribution in [0, 0.1) is 0 Å². The zero-order valence-corrected chi connectivity index (χ0v) is 40.0. The van der Waals surface area contributed by atoms with Gasteiger partial charge in [0.15, 0.2) is 0 Å². The molecule has 1 aliphatic rings. The smallest absolute Gasteiger partial charge is 0.0986 e. The molecule has 7 nitrogen and oxygen atoms in total. The van der Waals surface area contributed by atoms with Crippen LogP contribution in [0.15, 0.2) is 193 Å². The zero-order chi connectivity index (χ0) is 42.8. The van der Waals surface area contributed by atoms with Crippen LogP contribution < -0.4 is 0 Å². The van der Waals surface area contributed by atoms with Gasteiger partial charge in [0, 0.05) is 130 Å². The first-order valence-electron chi connectivity index (χ1n) is 19.6. The van der Waals surface area contributed by atoms with Gasteiger partial charge in [-0.2, -0.15) is 0 Å². The fourth-order valence-corrected chi connectivity index (χ4v) is 11.0. The fraction of sp³-hybridized carbons (Fsp3) is 0.0200. The first kappa shape index (κ1) is 44.9. The molecule has 11 heterocycles. The molecule has 0 fully saturated rings. The number of aromatic nitrogens is 6. The number of pyridine rings is 6. The fourth-order valence-electron chi connectivity index (χ4n) is 7.01. The van der Waals surface area contributed by atoms with Crippen molar-refractivity contribution in [2.24, 2.45) is 4.99 Å². The number of aliphatic imine (C=N–C) groups is 1. The van der Waals surface area contributed by atoms with E-state index < -0.39 is 0 Å². The first-order chi connectivity index (χ1) is 31.2. The molecular weight excluding hydrogens is 999 g/mol. The maximum absolute atomic E-state index is 5.15. The predicted octanol–water partition coefficient (Wildman–Crippen LogP) is 15.4. The van der Waals surface area contributed by atoms with Crippen molar-refractivity contribution in [3.63, 3.8) is 0 Å². The second-order valence-corrected chi connectivity index (χ2v) is 17.9. The van der Waals surface area contributed by atoms with E-state index in [1.807, 2.05) is 131 Å². The Hall–Kier alpha value is -5.69. The molecule has 0 saturated heterocycles. The topological polar surface area (TPSA) is 89.7 Å². The van der Waals surface area contributed by atoms with E-state index in [2.05, 4.69) is 118 Å². The second kappa shape index (κ2) is 21.8. The van der Waals surface area contributed by atoms with Gasteiger partial charge >= 0.3 is 0 Å². The Bertz CT molecular complexity index is 3090. The summed E-state index contributed by atoms with van der Waals surface area (Å²) >= 11 is 7.36. The van der Waals surface area contributed by atoms with Gasteiger partial charge in [0.05, 0.1) is 45.2 Å². The first-order valence-corrected chi connectivity index (χ1v) is 24.1.